The molecule has 1 saturated heterocycles. The molecule has 0 unspecified atom stereocenters. The molecule has 8 heteroatoms. The smallest absolute Gasteiger partial charge is 0.261 e. The van der Waals surface area contributed by atoms with E-state index in [1.807, 2.05) is 0 Å². The van der Waals surface area contributed by atoms with Crippen LogP contribution in [0.1, 0.15) is 10.4 Å². The van der Waals surface area contributed by atoms with E-state index in [-0.39, 0.29) is 10.8 Å². The summed E-state index contributed by atoms with van der Waals surface area (Å²) < 4.78 is 37.9. The van der Waals surface area contributed by atoms with Gasteiger partial charge in [-0.25, -0.2) is 8.42 Å². The first-order valence-electron chi connectivity index (χ1n) is 8.13. The van der Waals surface area contributed by atoms with Crippen LogP contribution in [0.2, 0.25) is 0 Å². The lowest BCUT2D eigenvalue weighted by molar-refractivity contribution is 0.0303. The summed E-state index contributed by atoms with van der Waals surface area (Å²) in [6, 6.07) is 12.6. The highest BCUT2D eigenvalue weighted by Gasteiger charge is 2.20. The summed E-state index contributed by atoms with van der Waals surface area (Å²) in [4.78, 5) is 14.2. The normalized spacial score (nSPS) is 14.7. The van der Waals surface area contributed by atoms with Crippen LogP contribution in [0.25, 0.3) is 0 Å². The number of rotatable bonds is 5. The summed E-state index contributed by atoms with van der Waals surface area (Å²) in [6.07, 6.45) is 0. The van der Waals surface area contributed by atoms with E-state index < -0.39 is 10.0 Å². The van der Waals surface area contributed by atoms with E-state index in [0.29, 0.717) is 43.3 Å². The second-order valence-electron chi connectivity index (χ2n) is 5.77. The molecule has 0 aliphatic carbocycles. The third-order valence-corrected chi connectivity index (χ3v) is 5.43. The predicted octanol–water partition coefficient (Wildman–Crippen LogP) is 1.97. The Balaban J connectivity index is 1.75. The minimum Gasteiger partial charge on any atom is -0.497 e. The molecule has 0 atom stereocenters. The van der Waals surface area contributed by atoms with Crippen LogP contribution < -0.4 is 9.46 Å². The Labute approximate surface area is 152 Å². The largest absolute Gasteiger partial charge is 0.497 e. The van der Waals surface area contributed by atoms with Crippen LogP contribution in [-0.4, -0.2) is 52.6 Å². The molecular formula is C18H20N2O5S. The zero-order chi connectivity index (χ0) is 18.6. The predicted molar refractivity (Wildman–Crippen MR) is 97.0 cm³/mol. The molecule has 1 heterocycles. The molecule has 2 aromatic rings. The lowest BCUT2D eigenvalue weighted by atomic mass is 10.2. The summed E-state index contributed by atoms with van der Waals surface area (Å²) in [5, 5.41) is 0. The highest BCUT2D eigenvalue weighted by Crippen LogP contribution is 2.21. The minimum absolute atomic E-state index is 0.0823. The summed E-state index contributed by atoms with van der Waals surface area (Å²) >= 11 is 0. The number of methoxy groups -OCH3 is 1. The monoisotopic (exact) mass is 376 g/mol. The Morgan fingerprint density at radius 3 is 2.46 bits per heavy atom. The number of nitrogens with zero attached hydrogens (tertiary/aromatic N) is 1. The van der Waals surface area contributed by atoms with Crippen molar-refractivity contribution in [3.63, 3.8) is 0 Å². The van der Waals surface area contributed by atoms with Gasteiger partial charge in [-0.3, -0.25) is 9.52 Å². The maximum Gasteiger partial charge on any atom is 0.261 e. The van der Waals surface area contributed by atoms with Crippen molar-refractivity contribution >= 4 is 21.6 Å². The van der Waals surface area contributed by atoms with Crippen molar-refractivity contribution < 1.29 is 22.7 Å². The van der Waals surface area contributed by atoms with E-state index in [4.69, 9.17) is 9.47 Å². The number of nitrogens with one attached hydrogen (secondary N) is 1. The number of benzene rings is 2. The quantitative estimate of drug-likeness (QED) is 0.862. The van der Waals surface area contributed by atoms with Crippen LogP contribution in [0, 0.1) is 0 Å². The zero-order valence-electron chi connectivity index (χ0n) is 14.3. The van der Waals surface area contributed by atoms with Crippen molar-refractivity contribution in [1.82, 2.24) is 4.90 Å². The number of carbonyl (C=O) groups excluding carboxylic acids is 1. The van der Waals surface area contributed by atoms with Gasteiger partial charge in [0.2, 0.25) is 0 Å². The summed E-state index contributed by atoms with van der Waals surface area (Å²) in [5.74, 6) is 0.426. The molecule has 7 nitrogen and oxygen atoms in total. The average molecular weight is 376 g/mol. The Morgan fingerprint density at radius 2 is 1.81 bits per heavy atom. The van der Waals surface area contributed by atoms with Crippen LogP contribution in [0.3, 0.4) is 0 Å². The molecular weight excluding hydrogens is 356 g/mol. The number of morpholine rings is 1. The van der Waals surface area contributed by atoms with E-state index in [9.17, 15) is 13.2 Å². The molecule has 1 aliphatic rings. The zero-order valence-corrected chi connectivity index (χ0v) is 15.2. The first-order valence-corrected chi connectivity index (χ1v) is 9.62. The SMILES string of the molecule is COc1cccc(NS(=O)(=O)c2ccc(C(=O)N3CCOCC3)cc2)c1. The van der Waals surface area contributed by atoms with Crippen LogP contribution in [0.15, 0.2) is 53.4 Å². The molecule has 0 saturated carbocycles. The second-order valence-corrected chi connectivity index (χ2v) is 7.45. The second kappa shape index (κ2) is 7.76. The Kier molecular flexibility index (Phi) is 5.43. The Hall–Kier alpha value is -2.58. The number of amides is 1. The van der Waals surface area contributed by atoms with Gasteiger partial charge in [0.15, 0.2) is 0 Å². The molecule has 1 fully saturated rings. The van der Waals surface area contributed by atoms with Gasteiger partial charge >= 0.3 is 0 Å². The highest BCUT2D eigenvalue weighted by molar-refractivity contribution is 7.92. The number of sulfonamides is 1. The molecule has 3 rings (SSSR count). The van der Waals surface area contributed by atoms with E-state index in [1.54, 1.807) is 29.2 Å². The van der Waals surface area contributed by atoms with E-state index in [1.165, 1.54) is 31.4 Å². The van der Waals surface area contributed by atoms with E-state index >= 15 is 0 Å². The number of hydrogen-bond acceptors (Lipinski definition) is 5. The topological polar surface area (TPSA) is 84.9 Å². The fourth-order valence-electron chi connectivity index (χ4n) is 2.63. The van der Waals surface area contributed by atoms with Gasteiger partial charge in [-0.05, 0) is 36.4 Å². The van der Waals surface area contributed by atoms with Crippen molar-refractivity contribution in [2.24, 2.45) is 0 Å². The van der Waals surface area contributed by atoms with Crippen LogP contribution >= 0.6 is 0 Å². The molecule has 0 radical (unpaired) electrons. The van der Waals surface area contributed by atoms with Crippen molar-refractivity contribution in [3.8, 4) is 5.75 Å². The molecule has 1 amide bonds. The van der Waals surface area contributed by atoms with Gasteiger partial charge in [0.1, 0.15) is 5.75 Å². The average Bonchev–Trinajstić information content (AvgIpc) is 2.68. The third-order valence-electron chi connectivity index (χ3n) is 4.03. The molecule has 1 aliphatic heterocycles. The number of ether oxygens (including phenoxy) is 2. The van der Waals surface area contributed by atoms with E-state index in [0.717, 1.165) is 0 Å². The number of anilines is 1. The van der Waals surface area contributed by atoms with Crippen molar-refractivity contribution in [1.29, 1.82) is 0 Å². The van der Waals surface area contributed by atoms with Gasteiger partial charge in [-0.15, -0.1) is 0 Å². The lowest BCUT2D eigenvalue weighted by Gasteiger charge is -2.26. The molecule has 0 bridgehead atoms. The number of hydrogen-bond donors (Lipinski definition) is 1. The summed E-state index contributed by atoms with van der Waals surface area (Å²) in [5.41, 5.74) is 0.852. The van der Waals surface area contributed by atoms with Gasteiger partial charge in [0.05, 0.1) is 30.9 Å². The summed E-state index contributed by atoms with van der Waals surface area (Å²) in [7, 11) is -2.24. The number of carbonyl (C=O) groups is 1. The van der Waals surface area contributed by atoms with Gasteiger partial charge < -0.3 is 14.4 Å². The first-order chi connectivity index (χ1) is 12.5. The third kappa shape index (κ3) is 4.14. The van der Waals surface area contributed by atoms with Crippen molar-refractivity contribution in [2.45, 2.75) is 4.90 Å². The fraction of sp³-hybridized carbons (Fsp3) is 0.278. The molecule has 138 valence electrons. The minimum atomic E-state index is -3.76. The molecule has 0 aromatic heterocycles. The fourth-order valence-corrected chi connectivity index (χ4v) is 3.68. The Bertz CT molecular complexity index is 875. The van der Waals surface area contributed by atoms with Crippen molar-refractivity contribution in [3.05, 3.63) is 54.1 Å². The highest BCUT2D eigenvalue weighted by atomic mass is 32.2. The van der Waals surface area contributed by atoms with Gasteiger partial charge in [-0.1, -0.05) is 6.07 Å². The van der Waals surface area contributed by atoms with Crippen LogP contribution in [-0.2, 0) is 14.8 Å². The molecule has 26 heavy (non-hydrogen) atoms. The van der Waals surface area contributed by atoms with E-state index in [2.05, 4.69) is 4.72 Å². The molecule has 2 aromatic carbocycles. The van der Waals surface area contributed by atoms with Crippen molar-refractivity contribution in [2.75, 3.05) is 38.1 Å². The van der Waals surface area contributed by atoms with Gasteiger partial charge in [0, 0.05) is 24.7 Å². The maximum atomic E-state index is 12.5. The molecule has 0 spiro atoms. The molecule has 1 N–H and O–H groups in total. The Morgan fingerprint density at radius 1 is 1.12 bits per heavy atom. The van der Waals surface area contributed by atoms with Gasteiger partial charge in [0.25, 0.3) is 15.9 Å². The standard InChI is InChI=1S/C18H20N2O5S/c1-24-16-4-2-3-15(13-16)19-26(22,23)17-7-5-14(6-8-17)18(21)20-9-11-25-12-10-20/h2-8,13,19H,9-12H2,1H3. The lowest BCUT2D eigenvalue weighted by Crippen LogP contribution is -2.40. The first kappa shape index (κ1) is 18.2. The summed E-state index contributed by atoms with van der Waals surface area (Å²) in [6.45, 7) is 2.11. The maximum absolute atomic E-state index is 12.5. The van der Waals surface area contributed by atoms with Crippen LogP contribution in [0.4, 0.5) is 5.69 Å². The van der Waals surface area contributed by atoms with Gasteiger partial charge in [-0.2, -0.15) is 0 Å². The van der Waals surface area contributed by atoms with Crippen LogP contribution in [0.5, 0.6) is 5.75 Å².